The molecule has 0 aliphatic heterocycles. The number of rotatable bonds is 32. The number of carboxylic acid groups (broad SMARTS) is 2. The molecule has 0 fully saturated rings. The van der Waals surface area contributed by atoms with Crippen LogP contribution in [0.15, 0.2) is 34.1 Å². The van der Waals surface area contributed by atoms with E-state index < -0.39 is 11.9 Å². The fraction of sp³-hybridized carbons (Fsp3) is 0.731. The first-order chi connectivity index (χ1) is 28.0. The number of carbonyl (C=O) groups is 2. The van der Waals surface area contributed by atoms with Crippen molar-refractivity contribution < 1.29 is 19.8 Å². The minimum atomic E-state index is -0.741. The van der Waals surface area contributed by atoms with Crippen LogP contribution in [-0.4, -0.2) is 33.7 Å². The number of unbranched alkanes of at least 4 members (excludes halogenated alkanes) is 18. The lowest BCUT2D eigenvalue weighted by molar-refractivity contribution is -0.138. The Morgan fingerprint density at radius 2 is 0.780 bits per heavy atom. The third-order valence-corrected chi connectivity index (χ3v) is 15.6. The highest BCUT2D eigenvalue weighted by molar-refractivity contribution is 8.00. The van der Waals surface area contributed by atoms with Crippen molar-refractivity contribution in [1.29, 1.82) is 0 Å². The Bertz CT molecular complexity index is 1390. The van der Waals surface area contributed by atoms with Gasteiger partial charge in [-0.1, -0.05) is 195 Å². The molecule has 2 atom stereocenters. The van der Waals surface area contributed by atoms with E-state index in [9.17, 15) is 19.8 Å². The molecule has 0 spiro atoms. The highest BCUT2D eigenvalue weighted by atomic mass is 32.2. The molecule has 0 aromatic heterocycles. The fourth-order valence-corrected chi connectivity index (χ4v) is 11.7. The van der Waals surface area contributed by atoms with Crippen LogP contribution in [0.3, 0.4) is 0 Å². The Morgan fingerprint density at radius 1 is 0.492 bits per heavy atom. The van der Waals surface area contributed by atoms with Crippen LogP contribution in [0.1, 0.15) is 241 Å². The molecule has 2 unspecified atom stereocenters. The SMILES string of the molecule is CCCCCCCCCCCCSC(CC(=O)O)c1cc(C)c(Sc2cc(C(C)(C)C)c(C(CC(=O)O)SCCCCCCCCCCCC)cc2C)cc1C(C)(C)C. The van der Waals surface area contributed by atoms with Gasteiger partial charge in [0.15, 0.2) is 0 Å². The van der Waals surface area contributed by atoms with Gasteiger partial charge in [0, 0.05) is 20.3 Å². The summed E-state index contributed by atoms with van der Waals surface area (Å²) in [6.07, 6.45) is 26.3. The van der Waals surface area contributed by atoms with Gasteiger partial charge < -0.3 is 10.2 Å². The van der Waals surface area contributed by atoms with Crippen LogP contribution in [0.4, 0.5) is 0 Å². The van der Waals surface area contributed by atoms with Gasteiger partial charge in [0.1, 0.15) is 0 Å². The maximum absolute atomic E-state index is 12.2. The Morgan fingerprint density at radius 3 is 1.05 bits per heavy atom. The number of carboxylic acids is 2. The van der Waals surface area contributed by atoms with Crippen LogP contribution in [0.25, 0.3) is 0 Å². The standard InChI is InChI=1S/C52H86O4S3/c1-11-13-15-17-19-21-23-25-27-29-31-57-47(37-49(53)54)41-33-39(3)45(35-43(41)51(5,6)7)59-46-36-44(52(8,9)10)42(34-40(46)4)48(38-50(55)56)58-32-30-28-26-24-22-20-18-16-14-12-2/h33-36,47-48H,11-32,37-38H2,1-10H3,(H,53,54)(H,55,56). The van der Waals surface area contributed by atoms with Gasteiger partial charge in [-0.15, -0.1) is 0 Å². The molecular weight excluding hydrogens is 785 g/mol. The molecule has 0 aliphatic rings. The second-order valence-corrected chi connectivity index (χ2v) is 23.0. The molecule has 0 amide bonds. The molecule has 59 heavy (non-hydrogen) atoms. The van der Waals surface area contributed by atoms with E-state index in [2.05, 4.69) is 93.5 Å². The predicted octanol–water partition coefficient (Wildman–Crippen LogP) is 17.4. The minimum absolute atomic E-state index is 0.0875. The van der Waals surface area contributed by atoms with Crippen molar-refractivity contribution >= 4 is 47.2 Å². The Kier molecular flexibility index (Phi) is 26.3. The summed E-state index contributed by atoms with van der Waals surface area (Å²) in [4.78, 5) is 26.8. The Labute approximate surface area is 375 Å². The van der Waals surface area contributed by atoms with Crippen LogP contribution in [-0.2, 0) is 20.4 Å². The number of hydrogen-bond acceptors (Lipinski definition) is 5. The number of hydrogen-bond donors (Lipinski definition) is 2. The quantitative estimate of drug-likeness (QED) is 0.0709. The lowest BCUT2D eigenvalue weighted by atomic mass is 9.81. The van der Waals surface area contributed by atoms with Crippen LogP contribution >= 0.6 is 35.3 Å². The van der Waals surface area contributed by atoms with Crippen molar-refractivity contribution in [3.05, 3.63) is 57.6 Å². The van der Waals surface area contributed by atoms with E-state index in [1.54, 1.807) is 11.8 Å². The summed E-state index contributed by atoms with van der Waals surface area (Å²) >= 11 is 5.45. The lowest BCUT2D eigenvalue weighted by Gasteiger charge is -2.30. The van der Waals surface area contributed by atoms with Crippen LogP contribution < -0.4 is 0 Å². The molecule has 336 valence electrons. The zero-order valence-corrected chi connectivity index (χ0v) is 41.8. The van der Waals surface area contributed by atoms with Crippen molar-refractivity contribution in [2.24, 2.45) is 0 Å². The van der Waals surface area contributed by atoms with Crippen molar-refractivity contribution in [1.82, 2.24) is 0 Å². The summed E-state index contributed by atoms with van der Waals surface area (Å²) in [5.41, 5.74) is 6.81. The van der Waals surface area contributed by atoms with Gasteiger partial charge in [-0.3, -0.25) is 9.59 Å². The molecule has 0 radical (unpaired) electrons. The third kappa shape index (κ3) is 21.4. The number of thioether (sulfide) groups is 2. The summed E-state index contributed by atoms with van der Waals surface area (Å²) in [6.45, 7) is 22.3. The normalized spacial score (nSPS) is 13.2. The maximum Gasteiger partial charge on any atom is 0.304 e. The highest BCUT2D eigenvalue weighted by Crippen LogP contribution is 2.46. The molecular formula is C52H86O4S3. The largest absolute Gasteiger partial charge is 0.481 e. The van der Waals surface area contributed by atoms with E-state index in [0.717, 1.165) is 35.5 Å². The Hall–Kier alpha value is -1.57. The molecule has 2 aromatic carbocycles. The van der Waals surface area contributed by atoms with Crippen molar-refractivity contribution in [3.63, 3.8) is 0 Å². The minimum Gasteiger partial charge on any atom is -0.481 e. The van der Waals surface area contributed by atoms with E-state index >= 15 is 0 Å². The number of aliphatic carboxylic acids is 2. The summed E-state index contributed by atoms with van der Waals surface area (Å²) in [6, 6.07) is 9.24. The van der Waals surface area contributed by atoms with Crippen molar-refractivity contribution in [3.8, 4) is 0 Å². The summed E-state index contributed by atoms with van der Waals surface area (Å²) < 4.78 is 0. The highest BCUT2D eigenvalue weighted by Gasteiger charge is 2.29. The molecule has 0 aliphatic carbocycles. The predicted molar refractivity (Wildman–Crippen MR) is 262 cm³/mol. The van der Waals surface area contributed by atoms with Gasteiger partial charge in [-0.2, -0.15) is 23.5 Å². The zero-order valence-electron chi connectivity index (χ0n) is 39.4. The second-order valence-electron chi connectivity index (χ2n) is 19.3. The van der Waals surface area contributed by atoms with Gasteiger partial charge >= 0.3 is 11.9 Å². The molecule has 7 heteroatoms. The fourth-order valence-electron chi connectivity index (χ4n) is 8.06. The summed E-state index contributed by atoms with van der Waals surface area (Å²) in [5, 5.41) is 19.9. The number of aryl methyl sites for hydroxylation is 2. The van der Waals surface area contributed by atoms with Gasteiger partial charge in [-0.25, -0.2) is 0 Å². The van der Waals surface area contributed by atoms with Gasteiger partial charge in [0.2, 0.25) is 0 Å². The van der Waals surface area contributed by atoms with E-state index in [4.69, 9.17) is 0 Å². The van der Waals surface area contributed by atoms with Crippen molar-refractivity contribution in [2.45, 2.75) is 242 Å². The second kappa shape index (κ2) is 28.9. The third-order valence-electron chi connectivity index (χ3n) is 11.6. The van der Waals surface area contributed by atoms with E-state index in [1.165, 1.54) is 148 Å². The van der Waals surface area contributed by atoms with Crippen molar-refractivity contribution in [2.75, 3.05) is 11.5 Å². The molecule has 0 saturated carbocycles. The van der Waals surface area contributed by atoms with E-state index in [-0.39, 0.29) is 34.2 Å². The van der Waals surface area contributed by atoms with Crippen LogP contribution in [0, 0.1) is 13.8 Å². The first-order valence-corrected chi connectivity index (χ1v) is 26.6. The van der Waals surface area contributed by atoms with Crippen LogP contribution in [0.2, 0.25) is 0 Å². The average Bonchev–Trinajstić information content (AvgIpc) is 3.15. The average molecular weight is 871 g/mol. The Balaban J connectivity index is 2.26. The molecule has 0 heterocycles. The molecule has 2 N–H and O–H groups in total. The molecule has 2 rings (SSSR count). The molecule has 0 saturated heterocycles. The van der Waals surface area contributed by atoms with E-state index in [0.29, 0.717) is 0 Å². The van der Waals surface area contributed by atoms with Gasteiger partial charge in [-0.05, 0) is 94.5 Å². The maximum atomic E-state index is 12.2. The summed E-state index contributed by atoms with van der Waals surface area (Å²) in [5.74, 6) is 0.481. The molecule has 4 nitrogen and oxygen atoms in total. The molecule has 2 aromatic rings. The smallest absolute Gasteiger partial charge is 0.304 e. The van der Waals surface area contributed by atoms with Gasteiger partial charge in [0.25, 0.3) is 0 Å². The first kappa shape index (κ1) is 53.6. The van der Waals surface area contributed by atoms with E-state index in [1.807, 2.05) is 23.5 Å². The topological polar surface area (TPSA) is 74.6 Å². The first-order valence-electron chi connectivity index (χ1n) is 23.6. The molecule has 0 bridgehead atoms. The lowest BCUT2D eigenvalue weighted by Crippen LogP contribution is -2.18. The zero-order chi connectivity index (χ0) is 43.8. The van der Waals surface area contributed by atoms with Gasteiger partial charge in [0.05, 0.1) is 12.8 Å². The van der Waals surface area contributed by atoms with Crippen LogP contribution in [0.5, 0.6) is 0 Å². The monoisotopic (exact) mass is 871 g/mol. The summed E-state index contributed by atoms with van der Waals surface area (Å²) in [7, 11) is 0. The number of benzene rings is 2.